The van der Waals surface area contributed by atoms with E-state index in [1.807, 2.05) is 12.1 Å². The molecule has 0 aromatic carbocycles. The molecular formula is C14H19N5S. The monoisotopic (exact) mass is 289 g/mol. The fourth-order valence-corrected chi connectivity index (χ4v) is 3.52. The van der Waals surface area contributed by atoms with Gasteiger partial charge in [-0.15, -0.1) is 0 Å². The van der Waals surface area contributed by atoms with Gasteiger partial charge in [-0.1, -0.05) is 0 Å². The third-order valence-electron chi connectivity index (χ3n) is 3.85. The van der Waals surface area contributed by atoms with Crippen molar-refractivity contribution >= 4 is 22.4 Å². The quantitative estimate of drug-likeness (QED) is 0.935. The van der Waals surface area contributed by atoms with Crippen LogP contribution >= 0.6 is 11.5 Å². The Morgan fingerprint density at radius 3 is 2.75 bits per heavy atom. The number of nitrogen functional groups attached to an aromatic ring is 1. The largest absolute Gasteiger partial charge is 0.382 e. The number of hydrogen-bond donors (Lipinski definition) is 1. The number of aromatic nitrogens is 2. The highest BCUT2D eigenvalue weighted by Gasteiger charge is 2.28. The van der Waals surface area contributed by atoms with Crippen molar-refractivity contribution in [3.05, 3.63) is 24.5 Å². The summed E-state index contributed by atoms with van der Waals surface area (Å²) < 4.78 is 4.35. The summed E-state index contributed by atoms with van der Waals surface area (Å²) in [5.74, 6) is 0.615. The summed E-state index contributed by atoms with van der Waals surface area (Å²) in [6.45, 7) is 2.09. The Labute approximate surface area is 123 Å². The second-order valence-electron chi connectivity index (χ2n) is 5.34. The Bertz CT molecular complexity index is 581. The van der Waals surface area contributed by atoms with Gasteiger partial charge in [0.25, 0.3) is 0 Å². The minimum Gasteiger partial charge on any atom is -0.382 e. The first kappa shape index (κ1) is 13.3. The van der Waals surface area contributed by atoms with E-state index in [0.717, 1.165) is 24.2 Å². The van der Waals surface area contributed by atoms with Crippen LogP contribution in [-0.2, 0) is 0 Å². The lowest BCUT2D eigenvalue weighted by Crippen LogP contribution is -2.31. The first-order valence-corrected chi connectivity index (χ1v) is 7.51. The van der Waals surface area contributed by atoms with Crippen molar-refractivity contribution in [2.24, 2.45) is 0 Å². The molecule has 0 bridgehead atoms. The number of likely N-dealkylation sites (N-methyl/N-ethyl adjacent to an activating group) is 1. The standard InChI is InChI=1S/C14H19N5S/c1-18(2)11-5-8-19(9-11)14-12(13(15)17-20-14)10-3-6-16-7-4-10/h3-4,6-7,11H,5,8-9H2,1-2H3,(H2,15,17). The number of nitrogens with zero attached hydrogens (tertiary/aromatic N) is 4. The molecule has 1 fully saturated rings. The fraction of sp³-hybridized carbons (Fsp3) is 0.429. The summed E-state index contributed by atoms with van der Waals surface area (Å²) >= 11 is 1.49. The Kier molecular flexibility index (Phi) is 3.58. The smallest absolute Gasteiger partial charge is 0.147 e. The van der Waals surface area contributed by atoms with Gasteiger partial charge in [-0.05, 0) is 49.7 Å². The second kappa shape index (κ2) is 5.38. The molecule has 5 nitrogen and oxygen atoms in total. The van der Waals surface area contributed by atoms with E-state index in [9.17, 15) is 0 Å². The van der Waals surface area contributed by atoms with Gasteiger partial charge in [0.1, 0.15) is 10.8 Å². The molecule has 2 aromatic heterocycles. The third-order valence-corrected chi connectivity index (χ3v) is 4.77. The van der Waals surface area contributed by atoms with E-state index in [0.29, 0.717) is 11.9 Å². The summed E-state index contributed by atoms with van der Waals surface area (Å²) in [6.07, 6.45) is 4.77. The topological polar surface area (TPSA) is 58.3 Å². The summed E-state index contributed by atoms with van der Waals surface area (Å²) in [5, 5.41) is 1.18. The zero-order valence-electron chi connectivity index (χ0n) is 11.8. The van der Waals surface area contributed by atoms with Gasteiger partial charge in [-0.3, -0.25) is 4.98 Å². The van der Waals surface area contributed by atoms with E-state index in [2.05, 4.69) is 33.3 Å². The van der Waals surface area contributed by atoms with Crippen LogP contribution in [0.4, 0.5) is 10.8 Å². The highest BCUT2D eigenvalue weighted by atomic mass is 32.1. The number of pyridine rings is 1. The maximum atomic E-state index is 6.08. The maximum Gasteiger partial charge on any atom is 0.147 e. The minimum absolute atomic E-state index is 0.601. The molecule has 1 atom stereocenters. The lowest BCUT2D eigenvalue weighted by atomic mass is 10.1. The molecule has 2 aromatic rings. The summed E-state index contributed by atoms with van der Waals surface area (Å²) in [4.78, 5) is 8.75. The zero-order valence-corrected chi connectivity index (χ0v) is 12.6. The van der Waals surface area contributed by atoms with Crippen molar-refractivity contribution in [1.82, 2.24) is 14.3 Å². The van der Waals surface area contributed by atoms with Crippen LogP contribution in [0.25, 0.3) is 11.1 Å². The summed E-state index contributed by atoms with van der Waals surface area (Å²) in [7, 11) is 4.28. The number of rotatable bonds is 3. The predicted molar refractivity (Wildman–Crippen MR) is 84.1 cm³/mol. The molecule has 2 N–H and O–H groups in total. The van der Waals surface area contributed by atoms with Gasteiger partial charge in [-0.25, -0.2) is 0 Å². The van der Waals surface area contributed by atoms with E-state index < -0.39 is 0 Å². The Morgan fingerprint density at radius 1 is 1.35 bits per heavy atom. The van der Waals surface area contributed by atoms with Crippen molar-refractivity contribution < 1.29 is 0 Å². The van der Waals surface area contributed by atoms with Crippen molar-refractivity contribution in [3.8, 4) is 11.1 Å². The summed E-state index contributed by atoms with van der Waals surface area (Å²) in [6, 6.07) is 4.58. The van der Waals surface area contributed by atoms with Crippen LogP contribution in [-0.4, -0.2) is 47.5 Å². The van der Waals surface area contributed by atoms with Crippen molar-refractivity contribution in [1.29, 1.82) is 0 Å². The molecule has 1 aliphatic heterocycles. The molecule has 20 heavy (non-hydrogen) atoms. The molecule has 0 saturated carbocycles. The molecule has 0 aliphatic carbocycles. The van der Waals surface area contributed by atoms with Crippen LogP contribution in [0.15, 0.2) is 24.5 Å². The first-order valence-electron chi connectivity index (χ1n) is 6.73. The molecular weight excluding hydrogens is 270 g/mol. The fourth-order valence-electron chi connectivity index (χ4n) is 2.65. The normalized spacial score (nSPS) is 18.9. The van der Waals surface area contributed by atoms with E-state index in [1.54, 1.807) is 12.4 Å². The van der Waals surface area contributed by atoms with E-state index in [-0.39, 0.29) is 0 Å². The van der Waals surface area contributed by atoms with Crippen LogP contribution in [0.1, 0.15) is 6.42 Å². The second-order valence-corrected chi connectivity index (χ2v) is 6.09. The minimum atomic E-state index is 0.601. The number of hydrogen-bond acceptors (Lipinski definition) is 6. The van der Waals surface area contributed by atoms with Crippen LogP contribution in [0.3, 0.4) is 0 Å². The van der Waals surface area contributed by atoms with E-state index in [4.69, 9.17) is 5.73 Å². The molecule has 1 saturated heterocycles. The highest BCUT2D eigenvalue weighted by molar-refractivity contribution is 7.11. The van der Waals surface area contributed by atoms with Gasteiger partial charge < -0.3 is 15.5 Å². The van der Waals surface area contributed by atoms with Crippen molar-refractivity contribution in [2.45, 2.75) is 12.5 Å². The average Bonchev–Trinajstić information content (AvgIpc) is 3.06. The number of nitrogens with two attached hydrogens (primary N) is 1. The van der Waals surface area contributed by atoms with Crippen molar-refractivity contribution in [3.63, 3.8) is 0 Å². The Morgan fingerprint density at radius 2 is 2.10 bits per heavy atom. The van der Waals surface area contributed by atoms with Crippen molar-refractivity contribution in [2.75, 3.05) is 37.8 Å². The highest BCUT2D eigenvalue weighted by Crippen LogP contribution is 2.40. The average molecular weight is 289 g/mol. The van der Waals surface area contributed by atoms with Gasteiger partial charge in [0, 0.05) is 31.5 Å². The predicted octanol–water partition coefficient (Wildman–Crippen LogP) is 1.93. The Balaban J connectivity index is 1.93. The molecule has 6 heteroatoms. The van der Waals surface area contributed by atoms with Gasteiger partial charge in [0.2, 0.25) is 0 Å². The van der Waals surface area contributed by atoms with Crippen LogP contribution in [0.2, 0.25) is 0 Å². The van der Waals surface area contributed by atoms with Gasteiger partial charge in [-0.2, -0.15) is 4.37 Å². The van der Waals surface area contributed by atoms with Crippen LogP contribution in [0, 0.1) is 0 Å². The third kappa shape index (κ3) is 2.36. The molecule has 0 radical (unpaired) electrons. The van der Waals surface area contributed by atoms with Crippen LogP contribution < -0.4 is 10.6 Å². The molecule has 106 valence electrons. The van der Waals surface area contributed by atoms with Gasteiger partial charge in [0.15, 0.2) is 0 Å². The molecule has 1 unspecified atom stereocenters. The van der Waals surface area contributed by atoms with E-state index in [1.165, 1.54) is 23.0 Å². The Hall–Kier alpha value is -1.66. The first-order chi connectivity index (χ1) is 9.66. The van der Waals surface area contributed by atoms with Gasteiger partial charge >= 0.3 is 0 Å². The molecule has 1 aliphatic rings. The lowest BCUT2D eigenvalue weighted by Gasteiger charge is -2.21. The lowest BCUT2D eigenvalue weighted by molar-refractivity contribution is 0.315. The zero-order chi connectivity index (χ0) is 14.1. The molecule has 0 spiro atoms. The van der Waals surface area contributed by atoms with E-state index >= 15 is 0 Å². The number of anilines is 2. The van der Waals surface area contributed by atoms with Crippen LogP contribution in [0.5, 0.6) is 0 Å². The summed E-state index contributed by atoms with van der Waals surface area (Å²) in [5.41, 5.74) is 8.22. The van der Waals surface area contributed by atoms with Gasteiger partial charge in [0.05, 0.1) is 5.56 Å². The maximum absolute atomic E-state index is 6.08. The molecule has 0 amide bonds. The molecule has 3 heterocycles. The SMILES string of the molecule is CN(C)C1CCN(c2snc(N)c2-c2ccncc2)C1. The molecule has 3 rings (SSSR count).